The fourth-order valence-corrected chi connectivity index (χ4v) is 3.93. The summed E-state index contributed by atoms with van der Waals surface area (Å²) in [6, 6.07) is 13.6. The van der Waals surface area contributed by atoms with Crippen LogP contribution >= 0.6 is 0 Å². The van der Waals surface area contributed by atoms with Gasteiger partial charge in [-0.1, -0.05) is 89.0 Å². The van der Waals surface area contributed by atoms with Crippen molar-refractivity contribution >= 4 is 35.5 Å². The minimum Gasteiger partial charge on any atom is -0.462 e. The quantitative estimate of drug-likeness (QED) is 0.179. The van der Waals surface area contributed by atoms with Crippen LogP contribution in [0.1, 0.15) is 92.6 Å². The first kappa shape index (κ1) is 25.0. The summed E-state index contributed by atoms with van der Waals surface area (Å²) in [4.78, 5) is 12.6. The van der Waals surface area contributed by atoms with Crippen LogP contribution in [0.25, 0.3) is 0 Å². The largest absolute Gasteiger partial charge is 0.462 e. The molecule has 0 bridgehead atoms. The van der Waals surface area contributed by atoms with Gasteiger partial charge >= 0.3 is 5.97 Å². The van der Waals surface area contributed by atoms with E-state index in [0.717, 1.165) is 35.5 Å². The van der Waals surface area contributed by atoms with Gasteiger partial charge in [0.05, 0.1) is 12.2 Å². The van der Waals surface area contributed by atoms with E-state index < -0.39 is 0 Å². The minimum atomic E-state index is -0.235. The van der Waals surface area contributed by atoms with Gasteiger partial charge in [-0.3, -0.25) is 0 Å². The number of esters is 1. The van der Waals surface area contributed by atoms with Crippen molar-refractivity contribution in [3.63, 3.8) is 0 Å². The Kier molecular flexibility index (Phi) is 11.6. The monoisotopic (exact) mass is 417 g/mol. The van der Waals surface area contributed by atoms with E-state index in [9.17, 15) is 4.79 Å². The zero-order chi connectivity index (χ0) is 20.3. The first-order valence-corrected chi connectivity index (χ1v) is 11.3. The van der Waals surface area contributed by atoms with Crippen molar-refractivity contribution in [2.45, 2.75) is 77.6 Å². The number of benzene rings is 2. The summed E-state index contributed by atoms with van der Waals surface area (Å²) in [6.07, 6.45) is 13.4. The van der Waals surface area contributed by atoms with Crippen LogP contribution in [0, 0.1) is 0 Å². The molecule has 0 atom stereocenters. The average molecular weight is 418 g/mol. The fraction of sp³-hybridized carbons (Fsp3) is 0.500. The molecule has 0 amide bonds. The average Bonchev–Trinajstić information content (AvgIpc) is 2.75. The summed E-state index contributed by atoms with van der Waals surface area (Å²) >= 11 is 0. The maximum Gasteiger partial charge on any atom is 0.338 e. The summed E-state index contributed by atoms with van der Waals surface area (Å²) in [5.41, 5.74) is 2.67. The van der Waals surface area contributed by atoms with Crippen molar-refractivity contribution < 1.29 is 14.3 Å². The van der Waals surface area contributed by atoms with Gasteiger partial charge in [-0.25, -0.2) is 4.79 Å². The molecule has 30 heavy (non-hydrogen) atoms. The van der Waals surface area contributed by atoms with Crippen LogP contribution in [0.5, 0.6) is 11.5 Å². The molecule has 3 rings (SSSR count). The molecule has 0 fully saturated rings. The molecule has 4 heteroatoms. The summed E-state index contributed by atoms with van der Waals surface area (Å²) in [5.74, 6) is 1.40. The third-order valence-corrected chi connectivity index (χ3v) is 5.64. The van der Waals surface area contributed by atoms with Gasteiger partial charge in [0.15, 0.2) is 0 Å². The Morgan fingerprint density at radius 2 is 1.47 bits per heavy atom. The van der Waals surface area contributed by atoms with E-state index in [4.69, 9.17) is 9.47 Å². The van der Waals surface area contributed by atoms with Gasteiger partial charge in [0, 0.05) is 41.5 Å². The Bertz CT molecular complexity index is 788. The van der Waals surface area contributed by atoms with Gasteiger partial charge in [0.2, 0.25) is 0 Å². The molecule has 0 aliphatic carbocycles. The molecule has 0 saturated heterocycles. The van der Waals surface area contributed by atoms with Crippen LogP contribution in [-0.4, -0.2) is 42.1 Å². The predicted molar refractivity (Wildman–Crippen MR) is 124 cm³/mol. The van der Waals surface area contributed by atoms with Crippen LogP contribution in [0.2, 0.25) is 0 Å². The SMILES string of the molecule is CCCCCCCCCCCCOC(=O)c1cccc2c1Cc1ccccc1O2.[Na]. The molecule has 0 aromatic heterocycles. The number of ether oxygens (including phenoxy) is 2. The normalized spacial score (nSPS) is 11.6. The second kappa shape index (κ2) is 13.9. The van der Waals surface area contributed by atoms with Crippen LogP contribution in [0.4, 0.5) is 0 Å². The summed E-state index contributed by atoms with van der Waals surface area (Å²) in [6.45, 7) is 2.75. The van der Waals surface area contributed by atoms with Gasteiger partial charge in [0.1, 0.15) is 11.5 Å². The molecule has 3 nitrogen and oxygen atoms in total. The third kappa shape index (κ3) is 7.44. The topological polar surface area (TPSA) is 35.5 Å². The second-order valence-corrected chi connectivity index (χ2v) is 7.99. The Hall–Kier alpha value is -1.29. The van der Waals surface area contributed by atoms with Crippen LogP contribution < -0.4 is 4.74 Å². The minimum absolute atomic E-state index is 0. The third-order valence-electron chi connectivity index (χ3n) is 5.64. The van der Waals surface area contributed by atoms with Crippen LogP contribution in [0.3, 0.4) is 0 Å². The number of hydrogen-bond acceptors (Lipinski definition) is 3. The van der Waals surface area contributed by atoms with E-state index in [2.05, 4.69) is 6.92 Å². The van der Waals surface area contributed by atoms with Crippen molar-refractivity contribution in [2.75, 3.05) is 6.61 Å². The van der Waals surface area contributed by atoms with Crippen LogP contribution in [-0.2, 0) is 11.2 Å². The number of rotatable bonds is 12. The van der Waals surface area contributed by atoms with E-state index in [0.29, 0.717) is 18.6 Å². The Balaban J connectivity index is 0.00000320. The molecule has 157 valence electrons. The molecule has 1 heterocycles. The van der Waals surface area contributed by atoms with Gasteiger partial charge in [-0.15, -0.1) is 0 Å². The summed E-state index contributed by atoms with van der Waals surface area (Å²) in [5, 5.41) is 0. The molecule has 1 aliphatic rings. The number of carbonyl (C=O) groups is 1. The summed E-state index contributed by atoms with van der Waals surface area (Å²) in [7, 11) is 0. The Morgan fingerprint density at radius 1 is 0.833 bits per heavy atom. The van der Waals surface area contributed by atoms with Crippen molar-refractivity contribution in [1.29, 1.82) is 0 Å². The fourth-order valence-electron chi connectivity index (χ4n) is 3.93. The second-order valence-electron chi connectivity index (χ2n) is 7.99. The molecule has 1 aliphatic heterocycles. The standard InChI is InChI=1S/C26H34O3.Na/c1-2-3-4-5-6-7-8-9-10-13-19-28-26(27)22-16-14-18-25-23(22)20-21-15-11-12-17-24(21)29-25;/h11-12,14-18H,2-10,13,19-20H2,1H3;. The number of para-hydroxylation sites is 1. The number of carbonyl (C=O) groups excluding carboxylic acids is 1. The maximum absolute atomic E-state index is 12.6. The predicted octanol–water partition coefficient (Wildman–Crippen LogP) is 7.08. The summed E-state index contributed by atoms with van der Waals surface area (Å²) < 4.78 is 11.5. The van der Waals surface area contributed by atoms with Crippen molar-refractivity contribution in [1.82, 2.24) is 0 Å². The maximum atomic E-state index is 12.6. The molecule has 1 radical (unpaired) electrons. The number of hydrogen-bond donors (Lipinski definition) is 0. The molecule has 2 aromatic rings. The van der Waals surface area contributed by atoms with Gasteiger partial charge < -0.3 is 9.47 Å². The first-order valence-electron chi connectivity index (χ1n) is 11.3. The van der Waals surface area contributed by atoms with E-state index in [1.54, 1.807) is 0 Å². The molecule has 0 saturated carbocycles. The number of fused-ring (bicyclic) bond motifs is 2. The smallest absolute Gasteiger partial charge is 0.338 e. The zero-order valence-electron chi connectivity index (χ0n) is 18.8. The van der Waals surface area contributed by atoms with Crippen molar-refractivity contribution in [3.8, 4) is 11.5 Å². The zero-order valence-corrected chi connectivity index (χ0v) is 20.8. The number of unbranched alkanes of at least 4 members (excludes halogenated alkanes) is 9. The Morgan fingerprint density at radius 3 is 2.20 bits per heavy atom. The molecule has 0 unspecified atom stereocenters. The van der Waals surface area contributed by atoms with E-state index >= 15 is 0 Å². The molecule has 0 N–H and O–H groups in total. The Labute approximate surface area is 203 Å². The van der Waals surface area contributed by atoms with Crippen molar-refractivity contribution in [3.05, 3.63) is 59.2 Å². The molecule has 0 spiro atoms. The van der Waals surface area contributed by atoms with E-state index in [1.165, 1.54) is 51.4 Å². The van der Waals surface area contributed by atoms with E-state index in [-0.39, 0.29) is 35.5 Å². The molecule has 2 aromatic carbocycles. The van der Waals surface area contributed by atoms with Crippen molar-refractivity contribution in [2.24, 2.45) is 0 Å². The molecular formula is C26H34NaO3. The van der Waals surface area contributed by atoms with Gasteiger partial charge in [-0.2, -0.15) is 0 Å². The van der Waals surface area contributed by atoms with Gasteiger partial charge in [-0.05, 0) is 30.2 Å². The molecular weight excluding hydrogens is 383 g/mol. The first-order chi connectivity index (χ1) is 14.3. The van der Waals surface area contributed by atoms with E-state index in [1.807, 2.05) is 42.5 Å². The van der Waals surface area contributed by atoms with Gasteiger partial charge in [0.25, 0.3) is 0 Å². The van der Waals surface area contributed by atoms with Crippen LogP contribution in [0.15, 0.2) is 42.5 Å².